The largest absolute Gasteiger partial charge is 0.383 e. The molecule has 0 aliphatic carbocycles. The molecule has 2 N–H and O–H groups in total. The van der Waals surface area contributed by atoms with Crippen LogP contribution in [0.25, 0.3) is 0 Å². The molecule has 0 saturated heterocycles. The van der Waals surface area contributed by atoms with Crippen LogP contribution < -0.4 is 10.6 Å². The van der Waals surface area contributed by atoms with E-state index in [1.807, 2.05) is 7.05 Å². The van der Waals surface area contributed by atoms with Crippen LogP contribution in [0.3, 0.4) is 0 Å². The van der Waals surface area contributed by atoms with Gasteiger partial charge in [-0.15, -0.1) is 0 Å². The first-order valence-electron chi connectivity index (χ1n) is 4.72. The highest BCUT2D eigenvalue weighted by molar-refractivity contribution is 5.43. The zero-order valence-corrected chi connectivity index (χ0v) is 8.89. The zero-order valence-electron chi connectivity index (χ0n) is 8.89. The highest BCUT2D eigenvalue weighted by Crippen LogP contribution is 2.10. The van der Waals surface area contributed by atoms with E-state index in [9.17, 15) is 4.39 Å². The van der Waals surface area contributed by atoms with Crippen molar-refractivity contribution in [2.24, 2.45) is 0 Å². The summed E-state index contributed by atoms with van der Waals surface area (Å²) in [6.45, 7) is 5.00. The lowest BCUT2D eigenvalue weighted by molar-refractivity contribution is 0.448. The number of rotatable bonds is 4. The van der Waals surface area contributed by atoms with Gasteiger partial charge in [0.15, 0.2) is 0 Å². The number of anilines is 1. The molecule has 2 nitrogen and oxygen atoms in total. The van der Waals surface area contributed by atoms with Crippen LogP contribution in [0.15, 0.2) is 24.3 Å². The summed E-state index contributed by atoms with van der Waals surface area (Å²) in [6, 6.07) is 6.38. The second kappa shape index (κ2) is 4.42. The predicted molar refractivity (Wildman–Crippen MR) is 58.0 cm³/mol. The van der Waals surface area contributed by atoms with Gasteiger partial charge in [0.2, 0.25) is 0 Å². The number of benzene rings is 1. The first kappa shape index (κ1) is 11.0. The van der Waals surface area contributed by atoms with Crippen molar-refractivity contribution < 1.29 is 4.39 Å². The molecule has 0 fully saturated rings. The molecule has 0 unspecified atom stereocenters. The molecule has 0 saturated carbocycles. The first-order valence-corrected chi connectivity index (χ1v) is 4.72. The Bertz CT molecular complexity index is 280. The van der Waals surface area contributed by atoms with Gasteiger partial charge in [0, 0.05) is 17.8 Å². The Morgan fingerprint density at radius 2 is 1.79 bits per heavy atom. The fraction of sp³-hybridized carbons (Fsp3) is 0.455. The minimum absolute atomic E-state index is 0.0361. The standard InChI is InChI=1S/C11H17FN2/c1-11(2,13-3)8-14-10-6-4-9(12)5-7-10/h4-7,13-14H,8H2,1-3H3. The fourth-order valence-corrected chi connectivity index (χ4v) is 0.979. The van der Waals surface area contributed by atoms with Crippen molar-refractivity contribution in [2.75, 3.05) is 18.9 Å². The molecular formula is C11H17FN2. The Morgan fingerprint density at radius 3 is 2.29 bits per heavy atom. The lowest BCUT2D eigenvalue weighted by Gasteiger charge is -2.24. The van der Waals surface area contributed by atoms with Crippen LogP contribution >= 0.6 is 0 Å². The van der Waals surface area contributed by atoms with E-state index in [1.165, 1.54) is 12.1 Å². The Morgan fingerprint density at radius 1 is 1.21 bits per heavy atom. The van der Waals surface area contributed by atoms with Crippen molar-refractivity contribution in [3.63, 3.8) is 0 Å². The Balaban J connectivity index is 2.50. The summed E-state index contributed by atoms with van der Waals surface area (Å²) in [4.78, 5) is 0. The maximum Gasteiger partial charge on any atom is 0.123 e. The molecule has 0 aliphatic rings. The first-order chi connectivity index (χ1) is 6.53. The van der Waals surface area contributed by atoms with Crippen molar-refractivity contribution in [1.29, 1.82) is 0 Å². The highest BCUT2D eigenvalue weighted by Gasteiger charge is 2.13. The summed E-state index contributed by atoms with van der Waals surface area (Å²) in [7, 11) is 1.92. The molecule has 0 spiro atoms. The summed E-state index contributed by atoms with van der Waals surface area (Å²) in [5.74, 6) is -0.205. The molecule has 0 amide bonds. The maximum atomic E-state index is 12.6. The predicted octanol–water partition coefficient (Wildman–Crippen LogP) is 2.24. The van der Waals surface area contributed by atoms with Crippen molar-refractivity contribution in [1.82, 2.24) is 5.32 Å². The number of hydrogen-bond donors (Lipinski definition) is 2. The second-order valence-electron chi connectivity index (χ2n) is 3.99. The van der Waals surface area contributed by atoms with Crippen molar-refractivity contribution in [3.05, 3.63) is 30.1 Å². The summed E-state index contributed by atoms with van der Waals surface area (Å²) in [5, 5.41) is 6.42. The molecule has 1 aromatic carbocycles. The zero-order chi connectivity index (χ0) is 10.6. The van der Waals surface area contributed by atoms with Crippen molar-refractivity contribution >= 4 is 5.69 Å². The normalized spacial score (nSPS) is 11.4. The molecule has 0 aromatic heterocycles. The summed E-state index contributed by atoms with van der Waals surface area (Å²) in [5.41, 5.74) is 0.976. The van der Waals surface area contributed by atoms with Gasteiger partial charge in [0.25, 0.3) is 0 Å². The number of halogens is 1. The van der Waals surface area contributed by atoms with Crippen LogP contribution in [0.2, 0.25) is 0 Å². The van der Waals surface area contributed by atoms with Crippen molar-refractivity contribution in [3.8, 4) is 0 Å². The molecule has 78 valence electrons. The van der Waals surface area contributed by atoms with Crippen LogP contribution in [0, 0.1) is 5.82 Å². The van der Waals surface area contributed by atoms with Crippen LogP contribution in [0.5, 0.6) is 0 Å². The molecule has 0 bridgehead atoms. The highest BCUT2D eigenvalue weighted by atomic mass is 19.1. The average molecular weight is 196 g/mol. The topological polar surface area (TPSA) is 24.1 Å². The number of nitrogens with one attached hydrogen (secondary N) is 2. The molecule has 1 aromatic rings. The average Bonchev–Trinajstić information content (AvgIpc) is 2.17. The molecular weight excluding hydrogens is 179 g/mol. The number of likely N-dealkylation sites (N-methyl/N-ethyl adjacent to an activating group) is 1. The van der Waals surface area contributed by atoms with Gasteiger partial charge in [0.1, 0.15) is 5.82 Å². The minimum Gasteiger partial charge on any atom is -0.383 e. The smallest absolute Gasteiger partial charge is 0.123 e. The van der Waals surface area contributed by atoms with E-state index in [4.69, 9.17) is 0 Å². The molecule has 14 heavy (non-hydrogen) atoms. The molecule has 3 heteroatoms. The van der Waals surface area contributed by atoms with Gasteiger partial charge < -0.3 is 10.6 Å². The van der Waals surface area contributed by atoms with Crippen LogP contribution in [-0.4, -0.2) is 19.1 Å². The number of hydrogen-bond acceptors (Lipinski definition) is 2. The second-order valence-corrected chi connectivity index (χ2v) is 3.99. The third kappa shape index (κ3) is 3.34. The quantitative estimate of drug-likeness (QED) is 0.771. The van der Waals surface area contributed by atoms with E-state index in [1.54, 1.807) is 12.1 Å². The van der Waals surface area contributed by atoms with Gasteiger partial charge in [0.05, 0.1) is 0 Å². The van der Waals surface area contributed by atoms with E-state index in [0.717, 1.165) is 12.2 Å². The molecule has 1 rings (SSSR count). The van der Waals surface area contributed by atoms with Gasteiger partial charge in [-0.3, -0.25) is 0 Å². The van der Waals surface area contributed by atoms with E-state index >= 15 is 0 Å². The lowest BCUT2D eigenvalue weighted by atomic mass is 10.1. The van der Waals surface area contributed by atoms with Gasteiger partial charge in [-0.1, -0.05) is 0 Å². The van der Waals surface area contributed by atoms with Gasteiger partial charge in [-0.05, 0) is 45.2 Å². The molecule has 0 heterocycles. The maximum absolute atomic E-state index is 12.6. The van der Waals surface area contributed by atoms with E-state index in [0.29, 0.717) is 0 Å². The molecule has 0 radical (unpaired) electrons. The Hall–Kier alpha value is -1.09. The third-order valence-electron chi connectivity index (χ3n) is 2.26. The summed E-state index contributed by atoms with van der Waals surface area (Å²) >= 11 is 0. The van der Waals surface area contributed by atoms with E-state index in [-0.39, 0.29) is 11.4 Å². The van der Waals surface area contributed by atoms with Crippen LogP contribution in [0.4, 0.5) is 10.1 Å². The summed E-state index contributed by atoms with van der Waals surface area (Å²) in [6.07, 6.45) is 0. The molecule has 0 aliphatic heterocycles. The van der Waals surface area contributed by atoms with Gasteiger partial charge in [-0.25, -0.2) is 4.39 Å². The lowest BCUT2D eigenvalue weighted by Crippen LogP contribution is -2.42. The fourth-order valence-electron chi connectivity index (χ4n) is 0.979. The SMILES string of the molecule is CNC(C)(C)CNc1ccc(F)cc1. The van der Waals surface area contributed by atoms with Gasteiger partial charge >= 0.3 is 0 Å². The monoisotopic (exact) mass is 196 g/mol. The van der Waals surface area contributed by atoms with E-state index in [2.05, 4.69) is 24.5 Å². The van der Waals surface area contributed by atoms with Crippen LogP contribution in [-0.2, 0) is 0 Å². The molecule has 0 atom stereocenters. The Labute approximate surface area is 84.5 Å². The van der Waals surface area contributed by atoms with Crippen molar-refractivity contribution in [2.45, 2.75) is 19.4 Å². The minimum atomic E-state index is -0.205. The van der Waals surface area contributed by atoms with Crippen LogP contribution in [0.1, 0.15) is 13.8 Å². The van der Waals surface area contributed by atoms with Gasteiger partial charge in [-0.2, -0.15) is 0 Å². The van der Waals surface area contributed by atoms with E-state index < -0.39 is 0 Å². The summed E-state index contributed by atoms with van der Waals surface area (Å²) < 4.78 is 12.6. The Kier molecular flexibility index (Phi) is 3.47. The third-order valence-corrected chi connectivity index (χ3v) is 2.26.